The monoisotopic (exact) mass is 305 g/mol. The Morgan fingerprint density at radius 1 is 1.23 bits per heavy atom. The maximum Gasteiger partial charge on any atom is 0.337 e. The number of hydrogen-bond acceptors (Lipinski definition) is 5. The molecule has 1 heterocycles. The SMILES string of the molecule is CCOC(=O)C1CCCCN1Cc1ccc(C(=O)OC)cc1. The lowest BCUT2D eigenvalue weighted by molar-refractivity contribution is -0.151. The van der Waals surface area contributed by atoms with Crippen LogP contribution in [0.3, 0.4) is 0 Å². The van der Waals surface area contributed by atoms with Crippen LogP contribution in [0.1, 0.15) is 42.1 Å². The van der Waals surface area contributed by atoms with Crippen molar-refractivity contribution in [3.8, 4) is 0 Å². The minimum atomic E-state index is -0.339. The summed E-state index contributed by atoms with van der Waals surface area (Å²) in [5.41, 5.74) is 1.61. The molecule has 1 saturated heterocycles. The third kappa shape index (κ3) is 4.07. The molecule has 0 radical (unpaired) electrons. The summed E-state index contributed by atoms with van der Waals surface area (Å²) < 4.78 is 9.86. The highest BCUT2D eigenvalue weighted by atomic mass is 16.5. The van der Waals surface area contributed by atoms with Gasteiger partial charge < -0.3 is 9.47 Å². The van der Waals surface area contributed by atoms with Gasteiger partial charge >= 0.3 is 11.9 Å². The number of methoxy groups -OCH3 is 1. The van der Waals surface area contributed by atoms with E-state index in [-0.39, 0.29) is 18.0 Å². The fraction of sp³-hybridized carbons (Fsp3) is 0.529. The van der Waals surface area contributed by atoms with E-state index in [1.165, 1.54) is 7.11 Å². The lowest BCUT2D eigenvalue weighted by Crippen LogP contribution is -2.44. The van der Waals surface area contributed by atoms with Gasteiger partial charge in [0.15, 0.2) is 0 Å². The van der Waals surface area contributed by atoms with Gasteiger partial charge in [0, 0.05) is 6.54 Å². The molecule has 1 aliphatic heterocycles. The first-order chi connectivity index (χ1) is 10.7. The van der Waals surface area contributed by atoms with Crippen LogP contribution in [0.2, 0.25) is 0 Å². The quantitative estimate of drug-likeness (QED) is 0.782. The Morgan fingerprint density at radius 3 is 2.59 bits per heavy atom. The third-order valence-electron chi connectivity index (χ3n) is 3.93. The number of carbonyl (C=O) groups excluding carboxylic acids is 2. The molecule has 0 spiro atoms. The lowest BCUT2D eigenvalue weighted by Gasteiger charge is -2.33. The molecule has 1 unspecified atom stereocenters. The molecular weight excluding hydrogens is 282 g/mol. The summed E-state index contributed by atoms with van der Waals surface area (Å²) in [4.78, 5) is 25.7. The molecule has 1 aliphatic rings. The van der Waals surface area contributed by atoms with Crippen LogP contribution in [-0.2, 0) is 20.8 Å². The Hall–Kier alpha value is -1.88. The highest BCUT2D eigenvalue weighted by Crippen LogP contribution is 2.21. The minimum Gasteiger partial charge on any atom is -0.465 e. The van der Waals surface area contributed by atoms with Gasteiger partial charge in [-0.05, 0) is 44.0 Å². The van der Waals surface area contributed by atoms with Gasteiger partial charge in [0.25, 0.3) is 0 Å². The van der Waals surface area contributed by atoms with Gasteiger partial charge in [-0.25, -0.2) is 4.79 Å². The number of rotatable bonds is 5. The van der Waals surface area contributed by atoms with Gasteiger partial charge in [0.2, 0.25) is 0 Å². The van der Waals surface area contributed by atoms with Crippen LogP contribution in [0.4, 0.5) is 0 Å². The number of carbonyl (C=O) groups is 2. The van der Waals surface area contributed by atoms with Gasteiger partial charge in [0.1, 0.15) is 6.04 Å². The molecule has 1 aromatic carbocycles. The average molecular weight is 305 g/mol. The van der Waals surface area contributed by atoms with Crippen molar-refractivity contribution >= 4 is 11.9 Å². The fourth-order valence-corrected chi connectivity index (χ4v) is 2.78. The summed E-state index contributed by atoms with van der Waals surface area (Å²) in [5, 5.41) is 0. The zero-order chi connectivity index (χ0) is 15.9. The zero-order valence-electron chi connectivity index (χ0n) is 13.2. The molecule has 22 heavy (non-hydrogen) atoms. The molecule has 1 fully saturated rings. The van der Waals surface area contributed by atoms with E-state index in [0.29, 0.717) is 18.7 Å². The van der Waals surface area contributed by atoms with Crippen molar-refractivity contribution in [3.63, 3.8) is 0 Å². The molecular formula is C17H23NO4. The van der Waals surface area contributed by atoms with E-state index in [2.05, 4.69) is 4.90 Å². The molecule has 2 rings (SSSR count). The highest BCUT2D eigenvalue weighted by molar-refractivity contribution is 5.89. The molecule has 0 amide bonds. The van der Waals surface area contributed by atoms with E-state index in [9.17, 15) is 9.59 Å². The van der Waals surface area contributed by atoms with Crippen LogP contribution >= 0.6 is 0 Å². The van der Waals surface area contributed by atoms with Crippen molar-refractivity contribution in [2.24, 2.45) is 0 Å². The van der Waals surface area contributed by atoms with Gasteiger partial charge in [-0.2, -0.15) is 0 Å². The van der Waals surface area contributed by atoms with Crippen LogP contribution in [0.5, 0.6) is 0 Å². The first-order valence-corrected chi connectivity index (χ1v) is 7.73. The predicted molar refractivity (Wildman–Crippen MR) is 82.5 cm³/mol. The molecule has 5 heteroatoms. The van der Waals surface area contributed by atoms with Gasteiger partial charge in [-0.1, -0.05) is 18.6 Å². The normalized spacial score (nSPS) is 18.7. The van der Waals surface area contributed by atoms with E-state index in [1.54, 1.807) is 12.1 Å². The van der Waals surface area contributed by atoms with Crippen molar-refractivity contribution in [2.75, 3.05) is 20.3 Å². The summed E-state index contributed by atoms with van der Waals surface area (Å²) in [6.45, 7) is 3.82. The van der Waals surface area contributed by atoms with Crippen LogP contribution in [-0.4, -0.2) is 43.1 Å². The molecule has 0 bridgehead atoms. The molecule has 1 aromatic rings. The van der Waals surface area contributed by atoms with E-state index >= 15 is 0 Å². The third-order valence-corrected chi connectivity index (χ3v) is 3.93. The zero-order valence-corrected chi connectivity index (χ0v) is 13.2. The number of hydrogen-bond donors (Lipinski definition) is 0. The highest BCUT2D eigenvalue weighted by Gasteiger charge is 2.29. The van der Waals surface area contributed by atoms with Crippen LogP contribution in [0.25, 0.3) is 0 Å². The van der Waals surface area contributed by atoms with Crippen LogP contribution in [0.15, 0.2) is 24.3 Å². The van der Waals surface area contributed by atoms with Crippen molar-refractivity contribution < 1.29 is 19.1 Å². The minimum absolute atomic E-state index is 0.131. The number of esters is 2. The second kappa shape index (κ2) is 7.94. The molecule has 1 atom stereocenters. The first kappa shape index (κ1) is 16.5. The molecule has 0 saturated carbocycles. The molecule has 0 aromatic heterocycles. The van der Waals surface area contributed by atoms with Crippen molar-refractivity contribution in [2.45, 2.75) is 38.8 Å². The van der Waals surface area contributed by atoms with E-state index < -0.39 is 0 Å². The molecule has 0 N–H and O–H groups in total. The Morgan fingerprint density at radius 2 is 1.95 bits per heavy atom. The number of nitrogens with zero attached hydrogens (tertiary/aromatic N) is 1. The van der Waals surface area contributed by atoms with Gasteiger partial charge in [-0.15, -0.1) is 0 Å². The number of ether oxygens (including phenoxy) is 2. The van der Waals surface area contributed by atoms with Gasteiger partial charge in [0.05, 0.1) is 19.3 Å². The predicted octanol–water partition coefficient (Wildman–Crippen LogP) is 2.39. The lowest BCUT2D eigenvalue weighted by atomic mass is 10.0. The Kier molecular flexibility index (Phi) is 5.95. The maximum absolute atomic E-state index is 12.1. The molecule has 120 valence electrons. The summed E-state index contributed by atoms with van der Waals surface area (Å²) in [7, 11) is 1.37. The molecule has 0 aliphatic carbocycles. The Labute approximate surface area is 131 Å². The number of piperidine rings is 1. The van der Waals surface area contributed by atoms with E-state index in [0.717, 1.165) is 31.4 Å². The summed E-state index contributed by atoms with van der Waals surface area (Å²) in [6.07, 6.45) is 3.00. The van der Waals surface area contributed by atoms with Crippen molar-refractivity contribution in [3.05, 3.63) is 35.4 Å². The van der Waals surface area contributed by atoms with Gasteiger partial charge in [-0.3, -0.25) is 9.69 Å². The van der Waals surface area contributed by atoms with Crippen molar-refractivity contribution in [1.82, 2.24) is 4.90 Å². The standard InChI is InChI=1S/C17H23NO4/c1-3-22-17(20)15-6-4-5-11-18(15)12-13-7-9-14(10-8-13)16(19)21-2/h7-10,15H,3-6,11-12H2,1-2H3. The summed E-state index contributed by atoms with van der Waals surface area (Å²) in [6, 6.07) is 7.16. The number of benzene rings is 1. The van der Waals surface area contributed by atoms with E-state index in [1.807, 2.05) is 19.1 Å². The van der Waals surface area contributed by atoms with Crippen LogP contribution < -0.4 is 0 Å². The van der Waals surface area contributed by atoms with Crippen molar-refractivity contribution in [1.29, 1.82) is 0 Å². The molecule has 5 nitrogen and oxygen atoms in total. The Balaban J connectivity index is 2.03. The second-order valence-electron chi connectivity index (χ2n) is 5.42. The number of likely N-dealkylation sites (tertiary alicyclic amines) is 1. The van der Waals surface area contributed by atoms with Crippen LogP contribution in [0, 0.1) is 0 Å². The summed E-state index contributed by atoms with van der Waals surface area (Å²) >= 11 is 0. The largest absolute Gasteiger partial charge is 0.465 e. The first-order valence-electron chi connectivity index (χ1n) is 7.73. The fourth-order valence-electron chi connectivity index (χ4n) is 2.78. The second-order valence-corrected chi connectivity index (χ2v) is 5.42. The Bertz CT molecular complexity index is 512. The van der Waals surface area contributed by atoms with E-state index in [4.69, 9.17) is 9.47 Å². The summed E-state index contributed by atoms with van der Waals surface area (Å²) in [5.74, 6) is -0.470. The maximum atomic E-state index is 12.1. The average Bonchev–Trinajstić information content (AvgIpc) is 2.55. The topological polar surface area (TPSA) is 55.8 Å². The smallest absolute Gasteiger partial charge is 0.337 e.